The fourth-order valence-electron chi connectivity index (χ4n) is 11.3. The fraction of sp³-hybridized carbons (Fsp3) is 0.0517. The Morgan fingerprint density at radius 3 is 1.86 bits per heavy atom. The van der Waals surface area contributed by atoms with Crippen LogP contribution in [-0.4, -0.2) is 43.4 Å². The van der Waals surface area contributed by atoms with Gasteiger partial charge in [-0.15, -0.1) is 23.5 Å². The second kappa shape index (κ2) is 14.3. The molecule has 2 aliphatic heterocycles. The van der Waals surface area contributed by atoms with Gasteiger partial charge < -0.3 is 9.05 Å². The molecule has 0 bridgehead atoms. The van der Waals surface area contributed by atoms with E-state index in [4.69, 9.17) is 15.0 Å². The van der Waals surface area contributed by atoms with Crippen molar-refractivity contribution in [2.75, 3.05) is 12.5 Å². The van der Waals surface area contributed by atoms with Crippen molar-refractivity contribution in [3.8, 4) is 62.1 Å². The van der Waals surface area contributed by atoms with Gasteiger partial charge in [-0.1, -0.05) is 127 Å². The van der Waals surface area contributed by atoms with Gasteiger partial charge in [0.2, 0.25) is 0 Å². The van der Waals surface area contributed by atoms with Crippen LogP contribution in [0.15, 0.2) is 186 Å². The van der Waals surface area contributed by atoms with Crippen LogP contribution in [0.2, 0.25) is 0 Å². The van der Waals surface area contributed by atoms with Crippen molar-refractivity contribution in [3.63, 3.8) is 0 Å². The zero-order chi connectivity index (χ0) is 43.8. The molecule has 66 heavy (non-hydrogen) atoms. The first-order valence-electron chi connectivity index (χ1n) is 22.4. The number of benzene rings is 9. The van der Waals surface area contributed by atoms with Crippen molar-refractivity contribution >= 4 is 95.7 Å². The number of para-hydroxylation sites is 1. The number of thioether (sulfide) groups is 2. The lowest BCUT2D eigenvalue weighted by atomic mass is 9.45. The van der Waals surface area contributed by atoms with Gasteiger partial charge in [0.15, 0.2) is 17.5 Å². The molecule has 0 amide bonds. The van der Waals surface area contributed by atoms with Gasteiger partial charge in [-0.3, -0.25) is 0 Å². The maximum Gasteiger partial charge on any atom is 0.333 e. The Morgan fingerprint density at radius 2 is 1.11 bits per heavy atom. The number of aromatic nitrogens is 5. The molecule has 2 aliphatic rings. The third-order valence-electron chi connectivity index (χ3n) is 14.1. The average molecular weight is 880 g/mol. The number of nitrogens with zero attached hydrogens (tertiary/aromatic N) is 5. The second-order valence-electron chi connectivity index (χ2n) is 17.5. The Bertz CT molecular complexity index is 3990. The molecule has 0 saturated carbocycles. The maximum absolute atomic E-state index is 5.15. The van der Waals surface area contributed by atoms with Crippen LogP contribution in [0, 0.1) is 6.92 Å². The van der Waals surface area contributed by atoms with E-state index in [1.807, 2.05) is 48.2 Å². The maximum atomic E-state index is 5.15. The van der Waals surface area contributed by atoms with Crippen LogP contribution >= 0.6 is 23.5 Å². The summed E-state index contributed by atoms with van der Waals surface area (Å²) in [6.45, 7) is 2.29. The minimum Gasteiger partial charge on any atom is -0.375 e. The van der Waals surface area contributed by atoms with Crippen LogP contribution in [0.25, 0.3) is 116 Å². The van der Waals surface area contributed by atoms with Crippen molar-refractivity contribution in [2.24, 2.45) is 0 Å². The van der Waals surface area contributed by atoms with Crippen molar-refractivity contribution in [3.05, 3.63) is 181 Å². The van der Waals surface area contributed by atoms with Crippen LogP contribution in [-0.2, 0) is 0 Å². The molecule has 3 aromatic heterocycles. The second-order valence-corrected chi connectivity index (χ2v) is 19.2. The molecule has 0 saturated heterocycles. The number of rotatable bonds is 6. The Balaban J connectivity index is 1.09. The Hall–Kier alpha value is -7.39. The molecule has 0 N–H and O–H groups in total. The van der Waals surface area contributed by atoms with Crippen LogP contribution in [0.5, 0.6) is 0 Å². The lowest BCUT2D eigenvalue weighted by molar-refractivity contribution is 1.07. The van der Waals surface area contributed by atoms with Crippen molar-refractivity contribution in [2.45, 2.75) is 16.7 Å². The van der Waals surface area contributed by atoms with Crippen molar-refractivity contribution in [1.29, 1.82) is 0 Å². The first-order valence-corrected chi connectivity index (χ1v) is 24.8. The molecule has 8 heteroatoms. The van der Waals surface area contributed by atoms with E-state index in [1.54, 1.807) is 11.8 Å². The van der Waals surface area contributed by atoms with Gasteiger partial charge in [0.25, 0.3) is 0 Å². The number of fused-ring (bicyclic) bond motifs is 12. The van der Waals surface area contributed by atoms with E-state index in [1.165, 1.54) is 103 Å². The molecule has 5 heterocycles. The third-order valence-corrected chi connectivity index (χ3v) is 15.5. The average Bonchev–Trinajstić information content (AvgIpc) is 3.90. The summed E-state index contributed by atoms with van der Waals surface area (Å²) in [5.41, 5.74) is 18.0. The molecule has 12 aromatic rings. The van der Waals surface area contributed by atoms with E-state index in [9.17, 15) is 0 Å². The van der Waals surface area contributed by atoms with Crippen LogP contribution < -0.4 is 10.9 Å². The van der Waals surface area contributed by atoms with Crippen molar-refractivity contribution in [1.82, 2.24) is 24.0 Å². The summed E-state index contributed by atoms with van der Waals surface area (Å²) in [6, 6.07) is 64.2. The highest BCUT2D eigenvalue weighted by molar-refractivity contribution is 7.98. The predicted molar refractivity (Wildman–Crippen MR) is 281 cm³/mol. The van der Waals surface area contributed by atoms with E-state index < -0.39 is 0 Å². The lowest BCUT2D eigenvalue weighted by Crippen LogP contribution is -2.55. The molecule has 0 spiro atoms. The molecule has 14 rings (SSSR count). The third kappa shape index (κ3) is 5.31. The van der Waals surface area contributed by atoms with Gasteiger partial charge in [0.05, 0.1) is 11.0 Å². The van der Waals surface area contributed by atoms with Gasteiger partial charge in [0, 0.05) is 70.3 Å². The molecule has 0 fully saturated rings. The standard InChI is InChI=1S/C58H38BN5S2/c1-33-44(37-19-12-20-38(28-37)58-61-56(35-15-6-4-7-16-35)60-57(62-58)36-17-8-5-9-18-36)32-50-53-51(33)42-22-13-23-43-52-41-21-11-10-14-34(41)24-26-49(52)64(54(42)43)59(53)47-31-40(66-3)30-46-45-29-39(65-2)25-27-48(45)63(50)55(46)47/h4-32H,1-3H3. The topological polar surface area (TPSA) is 48.5 Å². The van der Waals surface area contributed by atoms with Gasteiger partial charge in [-0.2, -0.15) is 0 Å². The van der Waals surface area contributed by atoms with Gasteiger partial charge >= 0.3 is 6.85 Å². The molecule has 9 aromatic carbocycles. The Labute approximate surface area is 390 Å². The highest BCUT2D eigenvalue weighted by atomic mass is 32.2. The summed E-state index contributed by atoms with van der Waals surface area (Å²) in [5, 5.41) is 7.75. The molecule has 5 nitrogen and oxygen atoms in total. The molecule has 0 radical (unpaired) electrons. The summed E-state index contributed by atoms with van der Waals surface area (Å²) >= 11 is 3.63. The van der Waals surface area contributed by atoms with Crippen LogP contribution in [0.1, 0.15) is 5.56 Å². The smallest absolute Gasteiger partial charge is 0.333 e. The summed E-state index contributed by atoms with van der Waals surface area (Å²) in [5.74, 6) is 1.94. The molecular formula is C58H38BN5S2. The normalized spacial score (nSPS) is 12.6. The number of hydrogen-bond donors (Lipinski definition) is 0. The van der Waals surface area contributed by atoms with Crippen LogP contribution in [0.3, 0.4) is 0 Å². The van der Waals surface area contributed by atoms with Crippen molar-refractivity contribution < 1.29 is 0 Å². The SMILES string of the molecule is CSc1ccc2c(c1)c1cc(SC)cc3c1n2-c1cc(-c2cccc(-c4nc(-c5ccccc5)nc(-c5ccccc5)n4)c2)c(C)c2c1B3n1c3ccc4ccccc4c3c3cccc-2c31. The van der Waals surface area contributed by atoms with E-state index in [2.05, 4.69) is 168 Å². The molecule has 310 valence electrons. The first kappa shape index (κ1) is 37.9. The first-order chi connectivity index (χ1) is 32.6. The summed E-state index contributed by atoms with van der Waals surface area (Å²) in [4.78, 5) is 17.8. The summed E-state index contributed by atoms with van der Waals surface area (Å²) < 4.78 is 5.29. The lowest BCUT2D eigenvalue weighted by Gasteiger charge is -2.36. The monoisotopic (exact) mass is 879 g/mol. The number of hydrogen-bond acceptors (Lipinski definition) is 5. The molecule has 0 atom stereocenters. The van der Waals surface area contributed by atoms with Gasteiger partial charge in [0.1, 0.15) is 0 Å². The summed E-state index contributed by atoms with van der Waals surface area (Å²) in [6.07, 6.45) is 4.38. The zero-order valence-corrected chi connectivity index (χ0v) is 38.0. The van der Waals surface area contributed by atoms with Gasteiger partial charge in [-0.25, -0.2) is 15.0 Å². The zero-order valence-electron chi connectivity index (χ0n) is 36.4. The Morgan fingerprint density at radius 1 is 0.470 bits per heavy atom. The van der Waals surface area contributed by atoms with E-state index in [0.29, 0.717) is 17.5 Å². The quantitative estimate of drug-likeness (QED) is 0.123. The van der Waals surface area contributed by atoms with Crippen LogP contribution in [0.4, 0.5) is 0 Å². The molecule has 0 unspecified atom stereocenters. The predicted octanol–water partition coefficient (Wildman–Crippen LogP) is 13.6. The molecule has 0 aliphatic carbocycles. The Kier molecular flexibility index (Phi) is 8.22. The van der Waals surface area contributed by atoms with E-state index >= 15 is 0 Å². The van der Waals surface area contributed by atoms with E-state index in [0.717, 1.165) is 22.3 Å². The highest BCUT2D eigenvalue weighted by Crippen LogP contribution is 2.48. The summed E-state index contributed by atoms with van der Waals surface area (Å²) in [7, 11) is 0. The van der Waals surface area contributed by atoms with Gasteiger partial charge in [-0.05, 0) is 112 Å². The van der Waals surface area contributed by atoms with E-state index in [-0.39, 0.29) is 6.85 Å². The largest absolute Gasteiger partial charge is 0.375 e. The molecular weight excluding hydrogens is 842 g/mol. The minimum atomic E-state index is -0.0467. The fourth-order valence-corrected chi connectivity index (χ4v) is 12.2. The minimum absolute atomic E-state index is 0.0467. The highest BCUT2D eigenvalue weighted by Gasteiger charge is 2.43.